The van der Waals surface area contributed by atoms with Gasteiger partial charge in [-0.3, -0.25) is 9.59 Å². The van der Waals surface area contributed by atoms with Crippen LogP contribution in [0.25, 0.3) is 12.2 Å². The van der Waals surface area contributed by atoms with E-state index in [1.807, 2.05) is 72.8 Å². The molecule has 8 rings (SSSR count). The lowest BCUT2D eigenvalue weighted by Crippen LogP contribution is -2.13. The largest absolute Gasteiger partial charge is 0.322 e. The maximum Gasteiger partial charge on any atom is 0.248 e. The molecule has 4 heteroatoms. The van der Waals surface area contributed by atoms with Crippen LogP contribution in [-0.4, -0.2) is 11.8 Å². The van der Waals surface area contributed by atoms with Gasteiger partial charge in [0.05, 0.1) is 0 Å². The molecule has 4 aromatic rings. The summed E-state index contributed by atoms with van der Waals surface area (Å²) < 4.78 is 0. The number of hydrogen-bond acceptors (Lipinski definition) is 2. The number of carbonyl (C=O) groups excluding carboxylic acids is 2. The van der Waals surface area contributed by atoms with Crippen molar-refractivity contribution >= 4 is 35.3 Å². The molecule has 0 fully saturated rings. The van der Waals surface area contributed by atoms with E-state index in [9.17, 15) is 9.59 Å². The Labute approximate surface area is 223 Å². The van der Waals surface area contributed by atoms with Gasteiger partial charge >= 0.3 is 0 Å². The number of anilines is 2. The number of carbonyl (C=O) groups is 2. The molecular formula is C34H30N2O2. The highest BCUT2D eigenvalue weighted by atomic mass is 16.2. The predicted octanol–water partition coefficient (Wildman–Crippen LogP) is 6.87. The Hall–Kier alpha value is -4.70. The SMILES string of the molecule is O=C(/C=C/c1ccccc1)Nc1cc2ccc1CCc1ccc(cc1NC(=O)/C=C/c1ccccc1)CC2. The molecule has 0 heterocycles. The molecule has 4 nitrogen and oxygen atoms in total. The number of hydrogen-bond donors (Lipinski definition) is 2. The van der Waals surface area contributed by atoms with Crippen molar-refractivity contribution in [1.82, 2.24) is 0 Å². The van der Waals surface area contributed by atoms with Crippen LogP contribution in [0.4, 0.5) is 11.4 Å². The van der Waals surface area contributed by atoms with Gasteiger partial charge in [-0.15, -0.1) is 0 Å². The third-order valence-electron chi connectivity index (χ3n) is 6.68. The third-order valence-corrected chi connectivity index (χ3v) is 6.68. The molecule has 4 aliphatic carbocycles. The summed E-state index contributed by atoms with van der Waals surface area (Å²) in [6.45, 7) is 0. The van der Waals surface area contributed by atoms with E-state index in [2.05, 4.69) is 47.0 Å². The van der Waals surface area contributed by atoms with Crippen molar-refractivity contribution in [3.8, 4) is 0 Å². The quantitative estimate of drug-likeness (QED) is 0.285. The average Bonchev–Trinajstić information content (AvgIpc) is 2.94. The van der Waals surface area contributed by atoms with Gasteiger partial charge in [-0.1, -0.05) is 84.9 Å². The molecular weight excluding hydrogens is 468 g/mol. The van der Waals surface area contributed by atoms with Crippen LogP contribution in [-0.2, 0) is 35.3 Å². The van der Waals surface area contributed by atoms with Crippen LogP contribution in [0, 0.1) is 0 Å². The first-order chi connectivity index (χ1) is 18.6. The highest BCUT2D eigenvalue weighted by Crippen LogP contribution is 2.27. The molecule has 0 aliphatic heterocycles. The zero-order valence-electron chi connectivity index (χ0n) is 21.2. The minimum atomic E-state index is -0.152. The Morgan fingerprint density at radius 3 is 1.37 bits per heavy atom. The van der Waals surface area contributed by atoms with Crippen molar-refractivity contribution in [2.75, 3.05) is 10.6 Å². The standard InChI is InChI=1S/C34H30N2O2/c37-33(21-15-25-7-3-1-4-8-25)35-31-23-27-11-12-28-14-18-30(20-19-29(31)17-13-27)32(24-28)36-34(38)22-16-26-9-5-2-6-10-26/h1-10,13-18,21-24H,11-12,19-20H2,(H,35,37)(H,36,38)/b21-15+,22-16+. The van der Waals surface area contributed by atoms with Crippen molar-refractivity contribution in [2.45, 2.75) is 25.7 Å². The van der Waals surface area contributed by atoms with Gasteiger partial charge in [0.2, 0.25) is 11.8 Å². The van der Waals surface area contributed by atoms with Crippen LogP contribution in [0.5, 0.6) is 0 Å². The average molecular weight is 499 g/mol. The predicted molar refractivity (Wildman–Crippen MR) is 156 cm³/mol. The Balaban J connectivity index is 1.32. The van der Waals surface area contributed by atoms with Gasteiger partial charge in [-0.25, -0.2) is 0 Å². The fourth-order valence-corrected chi connectivity index (χ4v) is 4.61. The molecule has 38 heavy (non-hydrogen) atoms. The summed E-state index contributed by atoms with van der Waals surface area (Å²) in [6, 6.07) is 32.3. The summed E-state index contributed by atoms with van der Waals surface area (Å²) >= 11 is 0. The molecule has 0 saturated carbocycles. The molecule has 4 bridgehead atoms. The summed E-state index contributed by atoms with van der Waals surface area (Å²) in [5.41, 5.74) is 8.12. The number of aryl methyl sites for hydroxylation is 4. The van der Waals surface area contributed by atoms with Crippen LogP contribution in [0.3, 0.4) is 0 Å². The van der Waals surface area contributed by atoms with Gasteiger partial charge in [0, 0.05) is 23.5 Å². The van der Waals surface area contributed by atoms with Crippen molar-refractivity contribution in [3.63, 3.8) is 0 Å². The highest BCUT2D eigenvalue weighted by molar-refractivity contribution is 6.03. The summed E-state index contributed by atoms with van der Waals surface area (Å²) in [5.74, 6) is -0.304. The van der Waals surface area contributed by atoms with Crippen molar-refractivity contribution < 1.29 is 9.59 Å². The first-order valence-electron chi connectivity index (χ1n) is 12.9. The van der Waals surface area contributed by atoms with Gasteiger partial charge in [0.15, 0.2) is 0 Å². The van der Waals surface area contributed by atoms with E-state index in [4.69, 9.17) is 0 Å². The number of amides is 2. The summed E-state index contributed by atoms with van der Waals surface area (Å²) in [6.07, 6.45) is 9.93. The topological polar surface area (TPSA) is 58.2 Å². The number of nitrogens with one attached hydrogen (secondary N) is 2. The first-order valence-corrected chi connectivity index (χ1v) is 12.9. The van der Waals surface area contributed by atoms with Crippen LogP contribution >= 0.6 is 0 Å². The normalized spacial score (nSPS) is 12.8. The van der Waals surface area contributed by atoms with Crippen molar-refractivity contribution in [2.24, 2.45) is 0 Å². The van der Waals surface area contributed by atoms with E-state index in [0.717, 1.165) is 70.4 Å². The second-order valence-electron chi connectivity index (χ2n) is 9.45. The Morgan fingerprint density at radius 1 is 0.526 bits per heavy atom. The summed E-state index contributed by atoms with van der Waals surface area (Å²) in [7, 11) is 0. The molecule has 0 radical (unpaired) electrons. The van der Waals surface area contributed by atoms with E-state index < -0.39 is 0 Å². The third kappa shape index (κ3) is 6.74. The van der Waals surface area contributed by atoms with Gasteiger partial charge < -0.3 is 10.6 Å². The zero-order valence-corrected chi connectivity index (χ0v) is 21.2. The van der Waals surface area contributed by atoms with Crippen LogP contribution in [0.2, 0.25) is 0 Å². The highest BCUT2D eigenvalue weighted by Gasteiger charge is 2.13. The molecule has 4 aromatic carbocycles. The minimum Gasteiger partial charge on any atom is -0.322 e. The molecule has 4 aliphatic rings. The molecule has 0 spiro atoms. The molecule has 2 amide bonds. The van der Waals surface area contributed by atoms with E-state index in [1.54, 1.807) is 12.2 Å². The maximum atomic E-state index is 12.7. The van der Waals surface area contributed by atoms with Crippen molar-refractivity contribution in [1.29, 1.82) is 0 Å². The van der Waals surface area contributed by atoms with Crippen LogP contribution < -0.4 is 10.6 Å². The van der Waals surface area contributed by atoms with Crippen LogP contribution in [0.15, 0.2) is 109 Å². The molecule has 2 N–H and O–H groups in total. The Bertz CT molecular complexity index is 1370. The maximum absolute atomic E-state index is 12.7. The second kappa shape index (κ2) is 12.0. The van der Waals surface area contributed by atoms with E-state index >= 15 is 0 Å². The van der Waals surface area contributed by atoms with E-state index in [-0.39, 0.29) is 11.8 Å². The van der Waals surface area contributed by atoms with Gasteiger partial charge in [0.25, 0.3) is 0 Å². The summed E-state index contributed by atoms with van der Waals surface area (Å²) in [4.78, 5) is 25.5. The van der Waals surface area contributed by atoms with Gasteiger partial charge in [0.1, 0.15) is 0 Å². The molecule has 0 unspecified atom stereocenters. The lowest BCUT2D eigenvalue weighted by Gasteiger charge is -2.17. The van der Waals surface area contributed by atoms with Crippen molar-refractivity contribution in [3.05, 3.63) is 143 Å². The van der Waals surface area contributed by atoms with Gasteiger partial charge in [-0.05, 0) is 83.3 Å². The lowest BCUT2D eigenvalue weighted by molar-refractivity contribution is -0.112. The minimum absolute atomic E-state index is 0.152. The molecule has 188 valence electrons. The van der Waals surface area contributed by atoms with E-state index in [0.29, 0.717) is 0 Å². The Morgan fingerprint density at radius 2 is 0.947 bits per heavy atom. The molecule has 0 aromatic heterocycles. The second-order valence-corrected chi connectivity index (χ2v) is 9.45. The molecule has 0 saturated heterocycles. The zero-order chi connectivity index (χ0) is 26.2. The number of rotatable bonds is 6. The van der Waals surface area contributed by atoms with Gasteiger partial charge in [-0.2, -0.15) is 0 Å². The number of benzene rings is 4. The molecule has 0 atom stereocenters. The summed E-state index contributed by atoms with van der Waals surface area (Å²) in [5, 5.41) is 6.18. The lowest BCUT2D eigenvalue weighted by atomic mass is 9.94. The fraction of sp³-hybridized carbons (Fsp3) is 0.118. The Kier molecular flexibility index (Phi) is 7.90. The van der Waals surface area contributed by atoms with Crippen LogP contribution in [0.1, 0.15) is 33.4 Å². The fourth-order valence-electron chi connectivity index (χ4n) is 4.61. The smallest absolute Gasteiger partial charge is 0.248 e. The monoisotopic (exact) mass is 498 g/mol. The first kappa shape index (κ1) is 25.0. The van der Waals surface area contributed by atoms with E-state index in [1.165, 1.54) is 0 Å².